The summed E-state index contributed by atoms with van der Waals surface area (Å²) in [6, 6.07) is 10.8. The zero-order valence-electron chi connectivity index (χ0n) is 13.9. The van der Waals surface area contributed by atoms with Gasteiger partial charge in [-0.3, -0.25) is 4.90 Å². The number of benzene rings is 1. The van der Waals surface area contributed by atoms with Gasteiger partial charge in [-0.15, -0.1) is 0 Å². The molecule has 0 amide bonds. The maximum absolute atomic E-state index is 10.9. The molecule has 1 aliphatic rings. The summed E-state index contributed by atoms with van der Waals surface area (Å²) in [6.07, 6.45) is 1.96. The van der Waals surface area contributed by atoms with Gasteiger partial charge < -0.3 is 10.0 Å². The van der Waals surface area contributed by atoms with Gasteiger partial charge in [0.05, 0.1) is 6.10 Å². The molecule has 3 heteroatoms. The third-order valence-corrected chi connectivity index (χ3v) is 4.88. The van der Waals surface area contributed by atoms with Crippen molar-refractivity contribution in [1.82, 2.24) is 9.80 Å². The summed E-state index contributed by atoms with van der Waals surface area (Å²) in [4.78, 5) is 4.82. The lowest BCUT2D eigenvalue weighted by Gasteiger charge is -2.43. The Morgan fingerprint density at radius 3 is 2.24 bits per heavy atom. The third-order valence-electron chi connectivity index (χ3n) is 4.88. The third kappa shape index (κ3) is 4.06. The summed E-state index contributed by atoms with van der Waals surface area (Å²) < 4.78 is 0. The van der Waals surface area contributed by atoms with Crippen molar-refractivity contribution in [3.8, 4) is 0 Å². The number of nitrogens with zero attached hydrogens (tertiary/aromatic N) is 2. The van der Waals surface area contributed by atoms with E-state index in [1.807, 2.05) is 30.3 Å². The van der Waals surface area contributed by atoms with Gasteiger partial charge in [0.15, 0.2) is 0 Å². The van der Waals surface area contributed by atoms with Gasteiger partial charge in [-0.05, 0) is 51.5 Å². The molecule has 1 heterocycles. The lowest BCUT2D eigenvalue weighted by atomic mass is 9.89. The molecule has 2 unspecified atom stereocenters. The molecule has 0 bridgehead atoms. The second kappa shape index (κ2) is 7.39. The van der Waals surface area contributed by atoms with Crippen LogP contribution in [-0.4, -0.2) is 54.2 Å². The lowest BCUT2D eigenvalue weighted by Crippen LogP contribution is -2.50. The highest BCUT2D eigenvalue weighted by molar-refractivity contribution is 5.19. The van der Waals surface area contributed by atoms with Crippen LogP contribution in [0.5, 0.6) is 0 Å². The molecule has 21 heavy (non-hydrogen) atoms. The summed E-state index contributed by atoms with van der Waals surface area (Å²) in [7, 11) is 4.38. The van der Waals surface area contributed by atoms with Crippen LogP contribution in [0, 0.1) is 5.92 Å². The minimum atomic E-state index is -0.421. The Hall–Kier alpha value is -0.900. The molecular weight excluding hydrogens is 260 g/mol. The molecule has 3 nitrogen and oxygen atoms in total. The van der Waals surface area contributed by atoms with E-state index >= 15 is 0 Å². The Kier molecular flexibility index (Phi) is 5.80. The van der Waals surface area contributed by atoms with Crippen molar-refractivity contribution in [3.05, 3.63) is 35.9 Å². The summed E-state index contributed by atoms with van der Waals surface area (Å²) in [5.74, 6) is 0.421. The van der Waals surface area contributed by atoms with Crippen LogP contribution >= 0.6 is 0 Å². The first-order valence-electron chi connectivity index (χ1n) is 8.14. The average molecular weight is 290 g/mol. The molecule has 1 saturated heterocycles. The largest absolute Gasteiger partial charge is 0.387 e. The van der Waals surface area contributed by atoms with Crippen LogP contribution in [0.3, 0.4) is 0 Å². The lowest BCUT2D eigenvalue weighted by molar-refractivity contribution is -0.0000383. The number of aliphatic hydroxyl groups excluding tert-OH is 1. The van der Waals surface area contributed by atoms with E-state index in [0.29, 0.717) is 12.0 Å². The number of hydrogen-bond donors (Lipinski definition) is 1. The van der Waals surface area contributed by atoms with Crippen molar-refractivity contribution in [2.24, 2.45) is 5.92 Å². The normalized spacial score (nSPS) is 20.9. The predicted molar refractivity (Wildman–Crippen MR) is 88.3 cm³/mol. The van der Waals surface area contributed by atoms with Gasteiger partial charge in [-0.1, -0.05) is 44.2 Å². The van der Waals surface area contributed by atoms with Gasteiger partial charge in [0.2, 0.25) is 0 Å². The van der Waals surface area contributed by atoms with Crippen molar-refractivity contribution in [3.63, 3.8) is 0 Å². The topological polar surface area (TPSA) is 26.7 Å². The van der Waals surface area contributed by atoms with Gasteiger partial charge in [-0.25, -0.2) is 0 Å². The van der Waals surface area contributed by atoms with Crippen LogP contribution in [-0.2, 0) is 0 Å². The Labute approximate surface area is 129 Å². The molecule has 2 atom stereocenters. The number of rotatable bonds is 5. The minimum Gasteiger partial charge on any atom is -0.387 e. The highest BCUT2D eigenvalue weighted by atomic mass is 16.3. The van der Waals surface area contributed by atoms with Gasteiger partial charge in [0, 0.05) is 12.1 Å². The molecule has 118 valence electrons. The summed E-state index contributed by atoms with van der Waals surface area (Å²) in [5, 5.41) is 10.9. The number of aliphatic hydroxyl groups is 1. The summed E-state index contributed by atoms with van der Waals surface area (Å²) in [6.45, 7) is 6.73. The zero-order chi connectivity index (χ0) is 15.4. The molecular formula is C18H30N2O. The molecule has 1 aliphatic heterocycles. The Morgan fingerprint density at radius 1 is 1.14 bits per heavy atom. The van der Waals surface area contributed by atoms with Gasteiger partial charge >= 0.3 is 0 Å². The van der Waals surface area contributed by atoms with E-state index < -0.39 is 6.10 Å². The van der Waals surface area contributed by atoms with Crippen LogP contribution in [0.15, 0.2) is 30.3 Å². The molecule has 1 fully saturated rings. The van der Waals surface area contributed by atoms with Crippen LogP contribution in [0.4, 0.5) is 0 Å². The van der Waals surface area contributed by atoms with Crippen molar-refractivity contribution < 1.29 is 5.11 Å². The fraction of sp³-hybridized carbons (Fsp3) is 0.667. The SMILES string of the molecule is CC(C)C(C(O)c1ccccc1)N(C)C1CCN(C)CC1. The Morgan fingerprint density at radius 2 is 1.71 bits per heavy atom. The second-order valence-electron chi connectivity index (χ2n) is 6.79. The molecule has 0 spiro atoms. The molecule has 1 aromatic carbocycles. The molecule has 1 N–H and O–H groups in total. The first kappa shape index (κ1) is 16.5. The van der Waals surface area contributed by atoms with Gasteiger partial charge in [0.25, 0.3) is 0 Å². The molecule has 0 saturated carbocycles. The second-order valence-corrected chi connectivity index (χ2v) is 6.79. The van der Waals surface area contributed by atoms with E-state index in [0.717, 1.165) is 18.7 Å². The smallest absolute Gasteiger partial charge is 0.0947 e. The van der Waals surface area contributed by atoms with Crippen molar-refractivity contribution in [1.29, 1.82) is 0 Å². The maximum atomic E-state index is 10.9. The molecule has 0 aromatic heterocycles. The zero-order valence-corrected chi connectivity index (χ0v) is 13.9. The van der Waals surface area contributed by atoms with Crippen LogP contribution in [0.1, 0.15) is 38.4 Å². The Bertz CT molecular complexity index is 412. The van der Waals surface area contributed by atoms with Crippen molar-refractivity contribution >= 4 is 0 Å². The first-order chi connectivity index (χ1) is 10.0. The predicted octanol–water partition coefficient (Wildman–Crippen LogP) is 2.77. The standard InChI is InChI=1S/C18H30N2O/c1-14(2)17(18(21)15-8-6-5-7-9-15)20(4)16-10-12-19(3)13-11-16/h5-9,14,16-18,21H,10-13H2,1-4H3. The van der Waals surface area contributed by atoms with E-state index in [4.69, 9.17) is 0 Å². The van der Waals surface area contributed by atoms with E-state index in [2.05, 4.69) is 37.7 Å². The van der Waals surface area contributed by atoms with E-state index in [1.54, 1.807) is 0 Å². The number of likely N-dealkylation sites (tertiary alicyclic amines) is 1. The van der Waals surface area contributed by atoms with E-state index in [1.165, 1.54) is 12.8 Å². The van der Waals surface area contributed by atoms with E-state index in [9.17, 15) is 5.11 Å². The van der Waals surface area contributed by atoms with E-state index in [-0.39, 0.29) is 6.04 Å². The van der Waals surface area contributed by atoms with Crippen molar-refractivity contribution in [2.45, 2.75) is 44.9 Å². The summed E-state index contributed by atoms with van der Waals surface area (Å²) >= 11 is 0. The highest BCUT2D eigenvalue weighted by Gasteiger charge is 2.32. The fourth-order valence-electron chi connectivity index (χ4n) is 3.55. The molecule has 2 rings (SSSR count). The van der Waals surface area contributed by atoms with Crippen molar-refractivity contribution in [2.75, 3.05) is 27.2 Å². The molecule has 1 aromatic rings. The van der Waals surface area contributed by atoms with Crippen LogP contribution in [0.2, 0.25) is 0 Å². The quantitative estimate of drug-likeness (QED) is 0.903. The minimum absolute atomic E-state index is 0.167. The Balaban J connectivity index is 2.11. The molecule has 0 radical (unpaired) electrons. The van der Waals surface area contributed by atoms with Gasteiger partial charge in [0.1, 0.15) is 0 Å². The number of piperidine rings is 1. The first-order valence-corrected chi connectivity index (χ1v) is 8.14. The fourth-order valence-corrected chi connectivity index (χ4v) is 3.55. The van der Waals surface area contributed by atoms with Gasteiger partial charge in [-0.2, -0.15) is 0 Å². The summed E-state index contributed by atoms with van der Waals surface area (Å²) in [5.41, 5.74) is 1.02. The average Bonchev–Trinajstić information content (AvgIpc) is 2.48. The highest BCUT2D eigenvalue weighted by Crippen LogP contribution is 2.29. The van der Waals surface area contributed by atoms with Crippen LogP contribution in [0.25, 0.3) is 0 Å². The number of likely N-dealkylation sites (N-methyl/N-ethyl adjacent to an activating group) is 1. The molecule has 0 aliphatic carbocycles. The maximum Gasteiger partial charge on any atom is 0.0947 e. The number of hydrogen-bond acceptors (Lipinski definition) is 3. The monoisotopic (exact) mass is 290 g/mol. The van der Waals surface area contributed by atoms with Crippen LogP contribution < -0.4 is 0 Å².